The number of hydrogen-bond acceptors (Lipinski definition) is 6. The lowest BCUT2D eigenvalue weighted by Gasteiger charge is -2.31. The first-order chi connectivity index (χ1) is 16.6. The second-order valence-corrected chi connectivity index (χ2v) is 9.04. The van der Waals surface area contributed by atoms with Crippen LogP contribution in [-0.2, 0) is 16.1 Å². The summed E-state index contributed by atoms with van der Waals surface area (Å²) < 4.78 is 10.6. The molecule has 11 heteroatoms. The fourth-order valence-electron chi connectivity index (χ4n) is 3.30. The molecule has 0 unspecified atom stereocenters. The second-order valence-electron chi connectivity index (χ2n) is 8.20. The molecule has 35 heavy (non-hydrogen) atoms. The van der Waals surface area contributed by atoms with Gasteiger partial charge in [-0.15, -0.1) is 0 Å². The number of ether oxygens (including phenoxy) is 2. The SMILES string of the molecule is CC[C@@H](C(=O)NCC(C)C)N(Cc1ccc(Cl)cc1Cl)C(=O)COc1ccc([N+](=O)[O-])c(OC)c1. The van der Waals surface area contributed by atoms with Crippen LogP contribution in [0.3, 0.4) is 0 Å². The summed E-state index contributed by atoms with van der Waals surface area (Å²) in [7, 11) is 1.30. The molecule has 0 aliphatic rings. The van der Waals surface area contributed by atoms with Crippen LogP contribution in [0.5, 0.6) is 11.5 Å². The van der Waals surface area contributed by atoms with Crippen LogP contribution in [0.1, 0.15) is 32.8 Å². The molecule has 0 saturated carbocycles. The van der Waals surface area contributed by atoms with E-state index < -0.39 is 23.5 Å². The highest BCUT2D eigenvalue weighted by Crippen LogP contribution is 2.31. The normalized spacial score (nSPS) is 11.6. The summed E-state index contributed by atoms with van der Waals surface area (Å²) in [4.78, 5) is 38.2. The molecule has 0 fully saturated rings. The predicted octanol–water partition coefficient (Wildman–Crippen LogP) is 4.87. The largest absolute Gasteiger partial charge is 0.490 e. The third-order valence-electron chi connectivity index (χ3n) is 5.14. The van der Waals surface area contributed by atoms with Crippen molar-refractivity contribution in [3.63, 3.8) is 0 Å². The number of methoxy groups -OCH3 is 1. The number of nitro benzene ring substituents is 1. The molecule has 1 atom stereocenters. The molecule has 0 saturated heterocycles. The Morgan fingerprint density at radius 1 is 1.17 bits per heavy atom. The van der Waals surface area contributed by atoms with Crippen molar-refractivity contribution in [2.75, 3.05) is 20.3 Å². The fourth-order valence-corrected chi connectivity index (χ4v) is 3.77. The summed E-state index contributed by atoms with van der Waals surface area (Å²) in [5.41, 5.74) is 0.398. The van der Waals surface area contributed by atoms with Gasteiger partial charge in [-0.25, -0.2) is 0 Å². The highest BCUT2D eigenvalue weighted by Gasteiger charge is 2.29. The maximum Gasteiger partial charge on any atom is 0.311 e. The van der Waals surface area contributed by atoms with Gasteiger partial charge in [-0.05, 0) is 36.1 Å². The van der Waals surface area contributed by atoms with Crippen molar-refractivity contribution in [2.24, 2.45) is 5.92 Å². The summed E-state index contributed by atoms with van der Waals surface area (Å²) >= 11 is 12.3. The lowest BCUT2D eigenvalue weighted by atomic mass is 10.1. The van der Waals surface area contributed by atoms with Crippen LogP contribution in [-0.4, -0.2) is 47.9 Å². The average Bonchev–Trinajstić information content (AvgIpc) is 2.81. The molecule has 0 aliphatic heterocycles. The van der Waals surface area contributed by atoms with Gasteiger partial charge < -0.3 is 19.7 Å². The van der Waals surface area contributed by atoms with Crippen LogP contribution < -0.4 is 14.8 Å². The summed E-state index contributed by atoms with van der Waals surface area (Å²) in [5.74, 6) is -0.282. The van der Waals surface area contributed by atoms with E-state index in [1.807, 2.05) is 20.8 Å². The van der Waals surface area contributed by atoms with E-state index in [0.29, 0.717) is 28.6 Å². The van der Waals surface area contributed by atoms with Gasteiger partial charge in [0.1, 0.15) is 11.8 Å². The first kappa shape index (κ1) is 28.2. The molecular weight excluding hydrogens is 497 g/mol. The third-order valence-corrected chi connectivity index (χ3v) is 5.72. The summed E-state index contributed by atoms with van der Waals surface area (Å²) in [6, 6.07) is 8.11. The molecule has 1 N–H and O–H groups in total. The van der Waals surface area contributed by atoms with Gasteiger partial charge in [0.05, 0.1) is 12.0 Å². The fraction of sp³-hybridized carbons (Fsp3) is 0.417. The van der Waals surface area contributed by atoms with Crippen LogP contribution >= 0.6 is 23.2 Å². The molecule has 9 nitrogen and oxygen atoms in total. The molecule has 2 aromatic carbocycles. The highest BCUT2D eigenvalue weighted by molar-refractivity contribution is 6.35. The van der Waals surface area contributed by atoms with E-state index in [0.717, 1.165) is 0 Å². The minimum atomic E-state index is -0.761. The lowest BCUT2D eigenvalue weighted by molar-refractivity contribution is -0.385. The summed E-state index contributed by atoms with van der Waals surface area (Å²) in [6.45, 7) is 5.90. The molecule has 2 rings (SSSR count). The number of rotatable bonds is 12. The van der Waals surface area contributed by atoms with E-state index in [2.05, 4.69) is 5.32 Å². The number of nitrogens with one attached hydrogen (secondary N) is 1. The zero-order chi connectivity index (χ0) is 26.1. The van der Waals surface area contributed by atoms with Gasteiger partial charge in [-0.2, -0.15) is 0 Å². The first-order valence-corrected chi connectivity index (χ1v) is 11.8. The summed E-state index contributed by atoms with van der Waals surface area (Å²) in [6.07, 6.45) is 0.367. The third kappa shape index (κ3) is 8.00. The number of halogens is 2. The number of carbonyl (C=O) groups excluding carboxylic acids is 2. The van der Waals surface area contributed by atoms with E-state index in [1.54, 1.807) is 18.2 Å². The van der Waals surface area contributed by atoms with Crippen molar-refractivity contribution in [3.8, 4) is 11.5 Å². The first-order valence-electron chi connectivity index (χ1n) is 11.0. The number of hydrogen-bond donors (Lipinski definition) is 1. The van der Waals surface area contributed by atoms with Crippen LogP contribution in [0.25, 0.3) is 0 Å². The van der Waals surface area contributed by atoms with Gasteiger partial charge in [0.15, 0.2) is 6.61 Å². The Labute approximate surface area is 214 Å². The molecule has 0 spiro atoms. The number of nitrogens with zero attached hydrogens (tertiary/aromatic N) is 2. The molecule has 2 amide bonds. The van der Waals surface area contributed by atoms with Gasteiger partial charge in [-0.3, -0.25) is 19.7 Å². The van der Waals surface area contributed by atoms with Gasteiger partial charge in [0.25, 0.3) is 5.91 Å². The Morgan fingerprint density at radius 2 is 1.89 bits per heavy atom. The maximum absolute atomic E-state index is 13.3. The number of benzene rings is 2. The van der Waals surface area contributed by atoms with E-state index in [4.69, 9.17) is 32.7 Å². The molecule has 0 aromatic heterocycles. The van der Waals surface area contributed by atoms with Crippen molar-refractivity contribution in [1.29, 1.82) is 0 Å². The Balaban J connectivity index is 2.27. The molecule has 0 bridgehead atoms. The minimum Gasteiger partial charge on any atom is -0.490 e. The van der Waals surface area contributed by atoms with Gasteiger partial charge in [-0.1, -0.05) is 50.0 Å². The Hall–Kier alpha value is -3.04. The van der Waals surface area contributed by atoms with Crippen molar-refractivity contribution < 1.29 is 24.0 Å². The van der Waals surface area contributed by atoms with Gasteiger partial charge in [0, 0.05) is 35.3 Å². The van der Waals surface area contributed by atoms with Crippen molar-refractivity contribution in [2.45, 2.75) is 39.8 Å². The monoisotopic (exact) mass is 525 g/mol. The maximum atomic E-state index is 13.3. The Kier molecular flexibility index (Phi) is 10.6. The number of nitro groups is 1. The average molecular weight is 526 g/mol. The second kappa shape index (κ2) is 13.2. The Morgan fingerprint density at radius 3 is 2.46 bits per heavy atom. The van der Waals surface area contributed by atoms with Crippen LogP contribution in [0.2, 0.25) is 10.0 Å². The van der Waals surface area contributed by atoms with Crippen LogP contribution in [0.15, 0.2) is 36.4 Å². The quantitative estimate of drug-likeness (QED) is 0.312. The van der Waals surface area contributed by atoms with Crippen LogP contribution in [0, 0.1) is 16.0 Å². The zero-order valence-electron chi connectivity index (χ0n) is 20.0. The zero-order valence-corrected chi connectivity index (χ0v) is 21.6. The van der Waals surface area contributed by atoms with Crippen molar-refractivity contribution >= 4 is 40.7 Å². The summed E-state index contributed by atoms with van der Waals surface area (Å²) in [5, 5.41) is 14.8. The smallest absolute Gasteiger partial charge is 0.311 e. The van der Waals surface area contributed by atoms with Crippen LogP contribution in [0.4, 0.5) is 5.69 Å². The van der Waals surface area contributed by atoms with Gasteiger partial charge in [0.2, 0.25) is 11.7 Å². The predicted molar refractivity (Wildman–Crippen MR) is 134 cm³/mol. The topological polar surface area (TPSA) is 111 Å². The van der Waals surface area contributed by atoms with Gasteiger partial charge >= 0.3 is 5.69 Å². The van der Waals surface area contributed by atoms with E-state index in [1.165, 1.54) is 30.2 Å². The molecule has 0 aliphatic carbocycles. The molecular formula is C24H29Cl2N3O6. The standard InChI is InChI=1S/C24H29Cl2N3O6/c1-5-20(24(31)27-12-15(2)3)28(13-16-6-7-17(25)10-19(16)26)23(30)14-35-18-8-9-21(29(32)33)22(11-18)34-4/h6-11,15,20H,5,12-14H2,1-4H3,(H,27,31)/t20-/m0/s1. The van der Waals surface area contributed by atoms with Crippen molar-refractivity contribution in [1.82, 2.24) is 10.2 Å². The minimum absolute atomic E-state index is 0.00393. The molecule has 2 aromatic rings. The number of amides is 2. The Bertz CT molecular complexity index is 1060. The number of carbonyl (C=O) groups is 2. The lowest BCUT2D eigenvalue weighted by Crippen LogP contribution is -2.50. The van der Waals surface area contributed by atoms with Crippen molar-refractivity contribution in [3.05, 3.63) is 62.1 Å². The van der Waals surface area contributed by atoms with E-state index >= 15 is 0 Å². The van der Waals surface area contributed by atoms with E-state index in [9.17, 15) is 19.7 Å². The molecule has 0 heterocycles. The highest BCUT2D eigenvalue weighted by atomic mass is 35.5. The molecule has 0 radical (unpaired) electrons. The molecule has 190 valence electrons. The van der Waals surface area contributed by atoms with E-state index in [-0.39, 0.29) is 35.6 Å².